The van der Waals surface area contributed by atoms with Gasteiger partial charge in [-0.05, 0) is 37.7 Å². The summed E-state index contributed by atoms with van der Waals surface area (Å²) < 4.78 is 0. The number of rotatable bonds is 4. The van der Waals surface area contributed by atoms with Crippen molar-refractivity contribution in [1.82, 2.24) is 0 Å². The minimum atomic E-state index is 0.857. The Balaban J connectivity index is 2.46. The maximum Gasteiger partial charge on any atom is -0.0165 e. The Bertz CT molecular complexity index is 214. The van der Waals surface area contributed by atoms with Crippen molar-refractivity contribution < 1.29 is 0 Å². The fraction of sp³-hybridized carbons (Fsp3) is 0.500. The van der Waals surface area contributed by atoms with E-state index in [9.17, 15) is 0 Å². The first-order valence-electron chi connectivity index (χ1n) is 4.80. The normalized spacial score (nSPS) is 18.7. The second-order valence-corrected chi connectivity index (χ2v) is 3.41. The molecule has 0 aromatic heterocycles. The lowest BCUT2D eigenvalue weighted by molar-refractivity contribution is 1.04. The Morgan fingerprint density at radius 3 is 2.50 bits per heavy atom. The lowest BCUT2D eigenvalue weighted by Crippen LogP contribution is -1.79. The Labute approximate surface area is 75.7 Å². The summed E-state index contributed by atoms with van der Waals surface area (Å²) in [4.78, 5) is 0. The van der Waals surface area contributed by atoms with E-state index in [1.807, 2.05) is 0 Å². The first-order chi connectivity index (χ1) is 5.77. The molecule has 0 aliphatic heterocycles. The van der Waals surface area contributed by atoms with E-state index in [0.29, 0.717) is 0 Å². The highest BCUT2D eigenvalue weighted by atomic mass is 14.3. The van der Waals surface area contributed by atoms with Crippen LogP contribution in [0.5, 0.6) is 0 Å². The van der Waals surface area contributed by atoms with Gasteiger partial charge in [-0.2, -0.15) is 0 Å². The molecule has 12 heavy (non-hydrogen) atoms. The molecule has 0 atom stereocenters. The van der Waals surface area contributed by atoms with Gasteiger partial charge in [0.15, 0.2) is 0 Å². The highest BCUT2D eigenvalue weighted by Gasteiger charge is 2.23. The summed E-state index contributed by atoms with van der Waals surface area (Å²) >= 11 is 0. The third-order valence-corrected chi connectivity index (χ3v) is 2.35. The van der Waals surface area contributed by atoms with Gasteiger partial charge in [0.25, 0.3) is 0 Å². The maximum atomic E-state index is 3.95. The van der Waals surface area contributed by atoms with Crippen LogP contribution in [0.1, 0.15) is 33.1 Å². The average molecular weight is 162 g/mol. The van der Waals surface area contributed by atoms with Crippen molar-refractivity contribution in [1.29, 1.82) is 0 Å². The molecule has 0 radical (unpaired) electrons. The molecule has 0 N–H and O–H groups in total. The third-order valence-electron chi connectivity index (χ3n) is 2.35. The maximum absolute atomic E-state index is 3.95. The number of allylic oxidation sites excluding steroid dienone is 5. The van der Waals surface area contributed by atoms with Crippen molar-refractivity contribution in [3.8, 4) is 0 Å². The molecule has 0 heterocycles. The van der Waals surface area contributed by atoms with Crippen molar-refractivity contribution in [2.75, 3.05) is 0 Å². The van der Waals surface area contributed by atoms with Gasteiger partial charge in [-0.15, -0.1) is 0 Å². The summed E-state index contributed by atoms with van der Waals surface area (Å²) in [5.74, 6) is 0.857. The van der Waals surface area contributed by atoms with Crippen LogP contribution in [0.4, 0.5) is 0 Å². The van der Waals surface area contributed by atoms with Crippen molar-refractivity contribution in [3.63, 3.8) is 0 Å². The quantitative estimate of drug-likeness (QED) is 0.550. The van der Waals surface area contributed by atoms with Crippen molar-refractivity contribution in [2.45, 2.75) is 33.1 Å². The SMILES string of the molecule is C=C(/C=C\C(=C/C)C1CC1)CC. The van der Waals surface area contributed by atoms with E-state index in [1.165, 1.54) is 24.0 Å². The van der Waals surface area contributed by atoms with Crippen molar-refractivity contribution in [2.24, 2.45) is 5.92 Å². The molecule has 0 spiro atoms. The molecule has 1 fully saturated rings. The monoisotopic (exact) mass is 162 g/mol. The van der Waals surface area contributed by atoms with Gasteiger partial charge in [-0.1, -0.05) is 37.3 Å². The zero-order valence-electron chi connectivity index (χ0n) is 8.14. The lowest BCUT2D eigenvalue weighted by atomic mass is 10.1. The van der Waals surface area contributed by atoms with E-state index in [4.69, 9.17) is 0 Å². The summed E-state index contributed by atoms with van der Waals surface area (Å²) in [7, 11) is 0. The molecule has 1 aliphatic carbocycles. The standard InChI is InChI=1S/C12H18/c1-4-10(3)6-7-11(5-2)12-8-9-12/h5-7,12H,3-4,8-9H2,1-2H3/b7-6-,11-5+. The molecular formula is C12H18. The molecule has 0 bridgehead atoms. The molecule has 1 rings (SSSR count). The lowest BCUT2D eigenvalue weighted by Gasteiger charge is -1.97. The summed E-state index contributed by atoms with van der Waals surface area (Å²) in [5, 5.41) is 0. The molecule has 0 saturated heterocycles. The zero-order valence-corrected chi connectivity index (χ0v) is 8.14. The first-order valence-corrected chi connectivity index (χ1v) is 4.80. The molecule has 1 aliphatic rings. The van der Waals surface area contributed by atoms with E-state index >= 15 is 0 Å². The van der Waals surface area contributed by atoms with Gasteiger partial charge in [0.1, 0.15) is 0 Å². The molecule has 0 nitrogen and oxygen atoms in total. The summed E-state index contributed by atoms with van der Waals surface area (Å²) in [6, 6.07) is 0. The van der Waals surface area contributed by atoms with Crippen LogP contribution in [-0.2, 0) is 0 Å². The fourth-order valence-electron chi connectivity index (χ4n) is 1.22. The molecule has 0 aromatic carbocycles. The number of hydrogen-bond donors (Lipinski definition) is 0. The third kappa shape index (κ3) is 2.69. The van der Waals surface area contributed by atoms with Crippen LogP contribution in [0, 0.1) is 5.92 Å². The Morgan fingerprint density at radius 1 is 1.42 bits per heavy atom. The van der Waals surface area contributed by atoms with E-state index < -0.39 is 0 Å². The van der Waals surface area contributed by atoms with E-state index in [-0.39, 0.29) is 0 Å². The van der Waals surface area contributed by atoms with Gasteiger partial charge in [-0.25, -0.2) is 0 Å². The van der Waals surface area contributed by atoms with E-state index in [0.717, 1.165) is 12.3 Å². The summed E-state index contributed by atoms with van der Waals surface area (Å²) in [5.41, 5.74) is 2.71. The van der Waals surface area contributed by atoms with Crippen molar-refractivity contribution in [3.05, 3.63) is 36.0 Å². The zero-order chi connectivity index (χ0) is 8.97. The number of hydrogen-bond acceptors (Lipinski definition) is 0. The summed E-state index contributed by atoms with van der Waals surface area (Å²) in [6.07, 6.45) is 10.4. The second-order valence-electron chi connectivity index (χ2n) is 3.41. The first kappa shape index (κ1) is 9.31. The van der Waals surface area contributed by atoms with Crippen LogP contribution in [0.2, 0.25) is 0 Å². The molecule has 0 heteroatoms. The topological polar surface area (TPSA) is 0 Å². The van der Waals surface area contributed by atoms with Gasteiger partial charge in [0.05, 0.1) is 0 Å². The van der Waals surface area contributed by atoms with Crippen molar-refractivity contribution >= 4 is 0 Å². The van der Waals surface area contributed by atoms with E-state index in [2.05, 4.69) is 38.7 Å². The second kappa shape index (κ2) is 4.30. The molecule has 0 amide bonds. The largest absolute Gasteiger partial charge is 0.0958 e. The molecule has 1 saturated carbocycles. The summed E-state index contributed by atoms with van der Waals surface area (Å²) in [6.45, 7) is 8.20. The Kier molecular flexibility index (Phi) is 3.33. The Hall–Kier alpha value is -0.780. The minimum absolute atomic E-state index is 0.857. The smallest absolute Gasteiger partial charge is 0.0165 e. The molecule has 66 valence electrons. The van der Waals surface area contributed by atoms with Crippen LogP contribution in [0.3, 0.4) is 0 Å². The van der Waals surface area contributed by atoms with Crippen LogP contribution in [-0.4, -0.2) is 0 Å². The van der Waals surface area contributed by atoms with Gasteiger partial charge in [-0.3, -0.25) is 0 Å². The minimum Gasteiger partial charge on any atom is -0.0958 e. The predicted octanol–water partition coefficient (Wildman–Crippen LogP) is 3.87. The van der Waals surface area contributed by atoms with E-state index in [1.54, 1.807) is 0 Å². The fourth-order valence-corrected chi connectivity index (χ4v) is 1.22. The Morgan fingerprint density at radius 2 is 2.08 bits per heavy atom. The highest BCUT2D eigenvalue weighted by Crippen LogP contribution is 2.37. The van der Waals surface area contributed by atoms with Gasteiger partial charge in [0.2, 0.25) is 0 Å². The van der Waals surface area contributed by atoms with Gasteiger partial charge in [0, 0.05) is 0 Å². The highest BCUT2D eigenvalue weighted by molar-refractivity contribution is 5.29. The van der Waals surface area contributed by atoms with Crippen LogP contribution >= 0.6 is 0 Å². The average Bonchev–Trinajstić information content (AvgIpc) is 2.89. The molecule has 0 aromatic rings. The van der Waals surface area contributed by atoms with Gasteiger partial charge >= 0.3 is 0 Å². The van der Waals surface area contributed by atoms with Gasteiger partial charge < -0.3 is 0 Å². The van der Waals surface area contributed by atoms with Crippen LogP contribution in [0.15, 0.2) is 36.0 Å². The van der Waals surface area contributed by atoms with Crippen LogP contribution < -0.4 is 0 Å². The molecular weight excluding hydrogens is 144 g/mol. The predicted molar refractivity (Wildman–Crippen MR) is 55.1 cm³/mol. The van der Waals surface area contributed by atoms with Crippen LogP contribution in [0.25, 0.3) is 0 Å². The molecule has 0 unspecified atom stereocenters.